The Bertz CT molecular complexity index is 678. The molecule has 28 heavy (non-hydrogen) atoms. The quantitative estimate of drug-likeness (QED) is 0.688. The maximum atomic E-state index is 13.1. The monoisotopic (exact) mass is 436 g/mol. The van der Waals surface area contributed by atoms with Gasteiger partial charge in [0.2, 0.25) is 0 Å². The van der Waals surface area contributed by atoms with E-state index in [0.29, 0.717) is 44.1 Å². The average molecular weight is 437 g/mol. The first-order valence-electron chi connectivity index (χ1n) is 8.79. The summed E-state index contributed by atoms with van der Waals surface area (Å²) in [5, 5.41) is 3.18. The molecule has 3 rings (SSSR count). The van der Waals surface area contributed by atoms with E-state index in [4.69, 9.17) is 4.74 Å². The molecule has 2 aromatic rings. The Morgan fingerprint density at radius 1 is 0.929 bits per heavy atom. The molecule has 0 aromatic heterocycles. The fraction of sp³-hybridized carbons (Fsp3) is 0.400. The molecule has 0 spiro atoms. The molecule has 1 aliphatic heterocycles. The molecule has 1 saturated heterocycles. The average Bonchev–Trinajstić information content (AvgIpc) is 2.66. The first kappa shape index (κ1) is 24.6. The van der Waals surface area contributed by atoms with Gasteiger partial charge in [-0.1, -0.05) is 42.5 Å². The Morgan fingerprint density at radius 2 is 1.54 bits per heavy atom. The molecule has 0 bridgehead atoms. The summed E-state index contributed by atoms with van der Waals surface area (Å²) in [5.74, 6) is 0.656. The van der Waals surface area contributed by atoms with E-state index >= 15 is 0 Å². The maximum Gasteiger partial charge on any atom is 0.390 e. The summed E-state index contributed by atoms with van der Waals surface area (Å²) in [4.78, 5) is 1.91. The number of halogens is 5. The minimum absolute atomic E-state index is 0. The van der Waals surface area contributed by atoms with Crippen LogP contribution in [-0.2, 0) is 6.61 Å². The molecule has 1 heterocycles. The lowest BCUT2D eigenvalue weighted by Gasteiger charge is -2.35. The standard InChI is InChI=1S/C20H23F3N2O.2ClH/c21-20(22,23)14-19(25-12-10-24-11-13-25)17-6-8-18(9-7-17)26-15-16-4-2-1-3-5-16;;/h1-9,19,24H,10-15H2;2*1H/t19-;;/m1../s1. The number of benzene rings is 2. The molecule has 1 fully saturated rings. The molecule has 0 unspecified atom stereocenters. The molecular weight excluding hydrogens is 412 g/mol. The number of ether oxygens (including phenoxy) is 1. The van der Waals surface area contributed by atoms with Crippen LogP contribution >= 0.6 is 24.8 Å². The second kappa shape index (κ2) is 11.5. The Hall–Kier alpha value is -1.47. The topological polar surface area (TPSA) is 24.5 Å². The van der Waals surface area contributed by atoms with Gasteiger partial charge in [-0.25, -0.2) is 0 Å². The molecule has 3 nitrogen and oxygen atoms in total. The van der Waals surface area contributed by atoms with E-state index in [9.17, 15) is 13.2 Å². The number of piperazine rings is 1. The third kappa shape index (κ3) is 7.51. The molecule has 1 atom stereocenters. The third-order valence-electron chi connectivity index (χ3n) is 4.53. The third-order valence-corrected chi connectivity index (χ3v) is 4.53. The van der Waals surface area contributed by atoms with Gasteiger partial charge in [0, 0.05) is 32.2 Å². The lowest BCUT2D eigenvalue weighted by atomic mass is 10.0. The highest BCUT2D eigenvalue weighted by atomic mass is 35.5. The number of hydrogen-bond donors (Lipinski definition) is 1. The van der Waals surface area contributed by atoms with E-state index in [-0.39, 0.29) is 24.8 Å². The van der Waals surface area contributed by atoms with Crippen LogP contribution in [0.25, 0.3) is 0 Å². The fourth-order valence-corrected chi connectivity index (χ4v) is 3.20. The van der Waals surface area contributed by atoms with Crippen molar-refractivity contribution in [3.8, 4) is 5.75 Å². The summed E-state index contributed by atoms with van der Waals surface area (Å²) < 4.78 is 44.9. The van der Waals surface area contributed by atoms with Crippen molar-refractivity contribution >= 4 is 24.8 Å². The summed E-state index contributed by atoms with van der Waals surface area (Å²) >= 11 is 0. The van der Waals surface area contributed by atoms with Crippen LogP contribution in [0.3, 0.4) is 0 Å². The molecule has 8 heteroatoms. The summed E-state index contributed by atoms with van der Waals surface area (Å²) in [6, 6.07) is 16.1. The Labute approximate surface area is 176 Å². The molecule has 2 aromatic carbocycles. The van der Waals surface area contributed by atoms with Gasteiger partial charge in [-0.15, -0.1) is 24.8 Å². The zero-order chi connectivity index (χ0) is 18.4. The van der Waals surface area contributed by atoms with Gasteiger partial charge < -0.3 is 10.1 Å². The molecule has 1 N–H and O–H groups in total. The van der Waals surface area contributed by atoms with Crippen molar-refractivity contribution in [1.82, 2.24) is 10.2 Å². The molecular formula is C20H25Cl2F3N2O. The van der Waals surface area contributed by atoms with Crippen molar-refractivity contribution in [3.05, 3.63) is 65.7 Å². The predicted octanol–water partition coefficient (Wildman–Crippen LogP) is 5.01. The number of rotatable bonds is 6. The van der Waals surface area contributed by atoms with Crippen molar-refractivity contribution in [2.24, 2.45) is 0 Å². The number of nitrogens with zero attached hydrogens (tertiary/aromatic N) is 1. The zero-order valence-electron chi connectivity index (χ0n) is 15.3. The van der Waals surface area contributed by atoms with E-state index in [1.165, 1.54) is 0 Å². The van der Waals surface area contributed by atoms with E-state index in [1.807, 2.05) is 35.2 Å². The van der Waals surface area contributed by atoms with E-state index in [1.54, 1.807) is 24.3 Å². The van der Waals surface area contributed by atoms with Crippen LogP contribution in [0, 0.1) is 0 Å². The molecule has 156 valence electrons. The minimum atomic E-state index is -4.20. The van der Waals surface area contributed by atoms with Crippen LogP contribution in [0.1, 0.15) is 23.6 Å². The second-order valence-electron chi connectivity index (χ2n) is 6.46. The molecule has 0 saturated carbocycles. The lowest BCUT2D eigenvalue weighted by Crippen LogP contribution is -2.46. The lowest BCUT2D eigenvalue weighted by molar-refractivity contribution is -0.148. The first-order valence-corrected chi connectivity index (χ1v) is 8.79. The summed E-state index contributed by atoms with van der Waals surface area (Å²) in [6.07, 6.45) is -5.03. The summed E-state index contributed by atoms with van der Waals surface area (Å²) in [5.41, 5.74) is 1.73. The van der Waals surface area contributed by atoms with Crippen molar-refractivity contribution in [2.75, 3.05) is 26.2 Å². The minimum Gasteiger partial charge on any atom is -0.489 e. The van der Waals surface area contributed by atoms with Crippen LogP contribution in [0.15, 0.2) is 54.6 Å². The smallest absolute Gasteiger partial charge is 0.390 e. The van der Waals surface area contributed by atoms with Crippen LogP contribution < -0.4 is 10.1 Å². The van der Waals surface area contributed by atoms with Crippen LogP contribution in [-0.4, -0.2) is 37.3 Å². The van der Waals surface area contributed by atoms with Crippen LogP contribution in [0.5, 0.6) is 5.75 Å². The van der Waals surface area contributed by atoms with Crippen molar-refractivity contribution in [2.45, 2.75) is 25.2 Å². The van der Waals surface area contributed by atoms with Crippen molar-refractivity contribution < 1.29 is 17.9 Å². The zero-order valence-corrected chi connectivity index (χ0v) is 17.0. The first-order chi connectivity index (χ1) is 12.5. The Kier molecular flexibility index (Phi) is 10.1. The SMILES string of the molecule is Cl.Cl.FC(F)(F)C[C@H](c1ccc(OCc2ccccc2)cc1)N1CCNCC1. The molecule has 0 aliphatic carbocycles. The molecule has 0 radical (unpaired) electrons. The van der Waals surface area contributed by atoms with E-state index < -0.39 is 18.6 Å². The van der Waals surface area contributed by atoms with Gasteiger partial charge >= 0.3 is 6.18 Å². The van der Waals surface area contributed by atoms with Gasteiger partial charge in [0.05, 0.1) is 6.42 Å². The van der Waals surface area contributed by atoms with Crippen LogP contribution in [0.2, 0.25) is 0 Å². The highest BCUT2D eigenvalue weighted by Gasteiger charge is 2.35. The van der Waals surface area contributed by atoms with Gasteiger partial charge in [0.1, 0.15) is 12.4 Å². The van der Waals surface area contributed by atoms with Gasteiger partial charge in [0.15, 0.2) is 0 Å². The van der Waals surface area contributed by atoms with Gasteiger partial charge in [-0.2, -0.15) is 13.2 Å². The predicted molar refractivity (Wildman–Crippen MR) is 110 cm³/mol. The number of nitrogens with one attached hydrogen (secondary N) is 1. The fourth-order valence-electron chi connectivity index (χ4n) is 3.20. The van der Waals surface area contributed by atoms with Gasteiger partial charge in [-0.3, -0.25) is 4.90 Å². The maximum absolute atomic E-state index is 13.1. The van der Waals surface area contributed by atoms with Crippen LogP contribution in [0.4, 0.5) is 13.2 Å². The van der Waals surface area contributed by atoms with Crippen molar-refractivity contribution in [1.29, 1.82) is 0 Å². The van der Waals surface area contributed by atoms with Gasteiger partial charge in [0.25, 0.3) is 0 Å². The number of alkyl halides is 3. The molecule has 1 aliphatic rings. The number of hydrogen-bond acceptors (Lipinski definition) is 3. The Morgan fingerprint density at radius 3 is 2.11 bits per heavy atom. The highest BCUT2D eigenvalue weighted by molar-refractivity contribution is 5.85. The molecule has 0 amide bonds. The largest absolute Gasteiger partial charge is 0.489 e. The highest BCUT2D eigenvalue weighted by Crippen LogP contribution is 2.34. The van der Waals surface area contributed by atoms with E-state index in [2.05, 4.69) is 5.32 Å². The van der Waals surface area contributed by atoms with Gasteiger partial charge in [-0.05, 0) is 23.3 Å². The Balaban J connectivity index is 0.00000196. The summed E-state index contributed by atoms with van der Waals surface area (Å²) in [7, 11) is 0. The summed E-state index contributed by atoms with van der Waals surface area (Å²) in [6.45, 7) is 3.10. The van der Waals surface area contributed by atoms with Crippen molar-refractivity contribution in [3.63, 3.8) is 0 Å². The normalized spacial score (nSPS) is 15.8. The second-order valence-corrected chi connectivity index (χ2v) is 6.46. The van der Waals surface area contributed by atoms with E-state index in [0.717, 1.165) is 5.56 Å².